The molecule has 0 aromatic rings. The monoisotopic (exact) mass is 751 g/mol. The number of fused-ring (bicyclic) bond motifs is 13. The van der Waals surface area contributed by atoms with E-state index in [4.69, 9.17) is 0 Å². The summed E-state index contributed by atoms with van der Waals surface area (Å²) in [6.07, 6.45) is 43.6. The van der Waals surface area contributed by atoms with E-state index in [1.807, 2.05) is 0 Å². The molecule has 0 heteroatoms. The van der Waals surface area contributed by atoms with Gasteiger partial charge < -0.3 is 0 Å². The van der Waals surface area contributed by atoms with E-state index in [0.717, 1.165) is 130 Å². The van der Waals surface area contributed by atoms with Crippen LogP contribution in [0.15, 0.2) is 0 Å². The molecule has 11 fully saturated rings. The third-order valence-corrected chi connectivity index (χ3v) is 23.5. The smallest absolute Gasteiger partial charge is 0.0168 e. The first-order valence-corrected chi connectivity index (χ1v) is 26.7. The fourth-order valence-corrected chi connectivity index (χ4v) is 21.8. The van der Waals surface area contributed by atoms with Gasteiger partial charge in [0.1, 0.15) is 0 Å². The Balaban J connectivity index is 1.03. The molecule has 0 aromatic heterocycles. The molecule has 55 heavy (non-hydrogen) atoms. The number of hydrogen-bond acceptors (Lipinski definition) is 0. The summed E-state index contributed by atoms with van der Waals surface area (Å²) >= 11 is 0. The van der Waals surface area contributed by atoms with Gasteiger partial charge in [-0.3, -0.25) is 0 Å². The molecule has 17 unspecified atom stereocenters. The van der Waals surface area contributed by atoms with Crippen LogP contribution >= 0.6 is 0 Å². The second-order valence-corrected chi connectivity index (χ2v) is 26.0. The normalized spacial score (nSPS) is 54.7. The lowest BCUT2D eigenvalue weighted by Gasteiger charge is -2.73. The van der Waals surface area contributed by atoms with Crippen LogP contribution in [0, 0.1) is 135 Å². The molecule has 17 atom stereocenters. The molecule has 1 spiro atoms. The molecule has 0 amide bonds. The van der Waals surface area contributed by atoms with Crippen molar-refractivity contribution in [3.8, 4) is 0 Å². The minimum Gasteiger partial charge on any atom is -0.0622 e. The summed E-state index contributed by atoms with van der Waals surface area (Å²) in [5.41, 5.74) is 1.25. The van der Waals surface area contributed by atoms with Crippen molar-refractivity contribution < 1.29 is 0 Å². The maximum Gasteiger partial charge on any atom is -0.0168 e. The summed E-state index contributed by atoms with van der Waals surface area (Å²) in [7, 11) is 0. The average Bonchev–Trinajstić information content (AvgIpc) is 3.73. The SMILES string of the molecule is CC1CC2CCC3C(CC4CCC5C(C43)C3C4CCC(C(C)(C)C)CC4CCC3C53C(C4CCCCC4)C(C4CCCCC4)C3C3CCCCC3)C2CC1C. The summed E-state index contributed by atoms with van der Waals surface area (Å²) in [6, 6.07) is 0. The van der Waals surface area contributed by atoms with Gasteiger partial charge in [-0.15, -0.1) is 0 Å². The zero-order chi connectivity index (χ0) is 37.2. The van der Waals surface area contributed by atoms with Gasteiger partial charge >= 0.3 is 0 Å². The molecule has 11 saturated carbocycles. The van der Waals surface area contributed by atoms with Crippen molar-refractivity contribution in [1.82, 2.24) is 0 Å². The minimum absolute atomic E-state index is 0.502. The van der Waals surface area contributed by atoms with Crippen LogP contribution in [0.4, 0.5) is 0 Å². The molecule has 0 heterocycles. The van der Waals surface area contributed by atoms with E-state index >= 15 is 0 Å². The molecule has 310 valence electrons. The molecule has 11 aliphatic carbocycles. The van der Waals surface area contributed by atoms with Crippen molar-refractivity contribution in [2.24, 2.45) is 135 Å². The van der Waals surface area contributed by atoms with E-state index in [-0.39, 0.29) is 0 Å². The lowest BCUT2D eigenvalue weighted by Crippen LogP contribution is -2.69. The molecule has 0 nitrogen and oxygen atoms in total. The van der Waals surface area contributed by atoms with Gasteiger partial charge in [-0.05, 0) is 212 Å². The largest absolute Gasteiger partial charge is 0.0622 e. The Kier molecular flexibility index (Phi) is 10.1. The van der Waals surface area contributed by atoms with Crippen LogP contribution in [0.25, 0.3) is 0 Å². The van der Waals surface area contributed by atoms with Crippen molar-refractivity contribution in [3.63, 3.8) is 0 Å². The quantitative estimate of drug-likeness (QED) is 0.269. The lowest BCUT2D eigenvalue weighted by molar-refractivity contribution is -0.261. The van der Waals surface area contributed by atoms with Crippen molar-refractivity contribution in [1.29, 1.82) is 0 Å². The van der Waals surface area contributed by atoms with E-state index < -0.39 is 0 Å². The highest BCUT2D eigenvalue weighted by Crippen LogP contribution is 2.84. The first-order chi connectivity index (χ1) is 26.7. The van der Waals surface area contributed by atoms with Crippen LogP contribution in [0.1, 0.15) is 208 Å². The Morgan fingerprint density at radius 2 is 0.873 bits per heavy atom. The van der Waals surface area contributed by atoms with Gasteiger partial charge in [-0.2, -0.15) is 0 Å². The predicted molar refractivity (Wildman–Crippen MR) is 231 cm³/mol. The Labute approximate surface area is 341 Å². The van der Waals surface area contributed by atoms with Crippen LogP contribution in [-0.4, -0.2) is 0 Å². The molecule has 11 rings (SSSR count). The summed E-state index contributed by atoms with van der Waals surface area (Å²) < 4.78 is 0. The third-order valence-electron chi connectivity index (χ3n) is 23.5. The Bertz CT molecular complexity index is 1310. The van der Waals surface area contributed by atoms with Crippen molar-refractivity contribution in [2.75, 3.05) is 0 Å². The molecular weight excluding hydrogens is 661 g/mol. The van der Waals surface area contributed by atoms with E-state index in [9.17, 15) is 0 Å². The van der Waals surface area contributed by atoms with Crippen LogP contribution in [0.3, 0.4) is 0 Å². The fraction of sp³-hybridized carbons (Fsp3) is 1.00. The van der Waals surface area contributed by atoms with Crippen molar-refractivity contribution in [2.45, 2.75) is 208 Å². The number of hydrogen-bond donors (Lipinski definition) is 0. The highest BCUT2D eigenvalue weighted by Gasteiger charge is 2.79. The fourth-order valence-electron chi connectivity index (χ4n) is 21.8. The zero-order valence-corrected chi connectivity index (χ0v) is 37.2. The predicted octanol–water partition coefficient (Wildman–Crippen LogP) is 15.7. The maximum atomic E-state index is 2.67. The molecule has 0 saturated heterocycles. The Hall–Kier alpha value is 0. The van der Waals surface area contributed by atoms with Crippen LogP contribution in [0.5, 0.6) is 0 Å². The average molecular weight is 751 g/mol. The van der Waals surface area contributed by atoms with E-state index in [2.05, 4.69) is 34.6 Å². The van der Waals surface area contributed by atoms with Crippen molar-refractivity contribution >= 4 is 0 Å². The van der Waals surface area contributed by atoms with E-state index in [1.54, 1.807) is 173 Å². The molecule has 11 aliphatic rings. The molecule has 0 N–H and O–H groups in total. The zero-order valence-electron chi connectivity index (χ0n) is 37.2. The van der Waals surface area contributed by atoms with Gasteiger partial charge in [0.05, 0.1) is 0 Å². The Morgan fingerprint density at radius 3 is 1.51 bits per heavy atom. The molecule has 0 aromatic carbocycles. The minimum atomic E-state index is 0.502. The summed E-state index contributed by atoms with van der Waals surface area (Å²) in [4.78, 5) is 0. The van der Waals surface area contributed by atoms with Crippen LogP contribution in [-0.2, 0) is 0 Å². The lowest BCUT2D eigenvalue weighted by atomic mass is 9.31. The van der Waals surface area contributed by atoms with Gasteiger partial charge in [0.2, 0.25) is 0 Å². The first kappa shape index (κ1) is 38.0. The van der Waals surface area contributed by atoms with E-state index in [0.29, 0.717) is 5.41 Å². The highest BCUT2D eigenvalue weighted by atomic mass is 14.8. The molecule has 0 bridgehead atoms. The molecular formula is C55H90. The number of rotatable bonds is 3. The summed E-state index contributed by atoms with van der Waals surface area (Å²) in [6.45, 7) is 13.1. The van der Waals surface area contributed by atoms with Gasteiger partial charge in [-0.25, -0.2) is 0 Å². The van der Waals surface area contributed by atoms with Gasteiger partial charge in [0.15, 0.2) is 0 Å². The Morgan fingerprint density at radius 1 is 0.345 bits per heavy atom. The van der Waals surface area contributed by atoms with Crippen LogP contribution in [0.2, 0.25) is 0 Å². The van der Waals surface area contributed by atoms with Crippen molar-refractivity contribution in [3.05, 3.63) is 0 Å². The summed E-state index contributed by atoms with van der Waals surface area (Å²) in [5.74, 6) is 23.0. The van der Waals surface area contributed by atoms with Crippen LogP contribution < -0.4 is 0 Å². The molecule has 0 radical (unpaired) electrons. The second kappa shape index (κ2) is 14.6. The molecule has 0 aliphatic heterocycles. The van der Waals surface area contributed by atoms with E-state index in [1.165, 1.54) is 0 Å². The standard InChI is InChI=1S/C55H90/c1-33-29-38-21-25-43-45(44(38)30-34(33)2)32-40-23-28-47-51(48(40)43)50-42-26-24-41(54(3,4)5)31-39(42)22-27-46(50)55(47)52(36-17-11-7-12-18-36)49(35-15-9-6-10-16-35)53(55)37-19-13-8-14-20-37/h33-53H,6-32H2,1-5H3. The maximum absolute atomic E-state index is 2.67. The first-order valence-electron chi connectivity index (χ1n) is 26.7. The topological polar surface area (TPSA) is 0 Å². The summed E-state index contributed by atoms with van der Waals surface area (Å²) in [5, 5.41) is 0. The van der Waals surface area contributed by atoms with Gasteiger partial charge in [-0.1, -0.05) is 131 Å². The third kappa shape index (κ3) is 5.85. The second-order valence-electron chi connectivity index (χ2n) is 26.0. The van der Waals surface area contributed by atoms with Gasteiger partial charge in [0, 0.05) is 0 Å². The highest BCUT2D eigenvalue weighted by molar-refractivity contribution is 5.26. The van der Waals surface area contributed by atoms with Gasteiger partial charge in [0.25, 0.3) is 0 Å².